The lowest BCUT2D eigenvalue weighted by Gasteiger charge is -2.04. The number of hydrogen-bond donors (Lipinski definition) is 1. The van der Waals surface area contributed by atoms with Crippen LogP contribution in [0.2, 0.25) is 0 Å². The van der Waals surface area contributed by atoms with Crippen LogP contribution in [-0.4, -0.2) is 12.0 Å². The zero-order valence-electron chi connectivity index (χ0n) is 10.5. The van der Waals surface area contributed by atoms with E-state index in [2.05, 4.69) is 5.32 Å². The summed E-state index contributed by atoms with van der Waals surface area (Å²) in [6.07, 6.45) is 0. The van der Waals surface area contributed by atoms with E-state index in [1.54, 1.807) is 12.1 Å². The summed E-state index contributed by atoms with van der Waals surface area (Å²) in [4.78, 5) is 12.2. The molecule has 0 heterocycles. The molecule has 19 heavy (non-hydrogen) atoms. The molecule has 0 spiro atoms. The third-order valence-corrected chi connectivity index (χ3v) is 3.67. The van der Waals surface area contributed by atoms with Gasteiger partial charge >= 0.3 is 0 Å². The highest BCUT2D eigenvalue weighted by Crippen LogP contribution is 2.34. The van der Waals surface area contributed by atoms with Crippen LogP contribution in [-0.2, 0) is 6.54 Å². The van der Waals surface area contributed by atoms with Crippen LogP contribution in [0.3, 0.4) is 0 Å². The van der Waals surface area contributed by atoms with Crippen molar-refractivity contribution in [2.24, 2.45) is 0 Å². The molecule has 2 aromatic carbocycles. The maximum absolute atomic E-state index is 10.9. The molecule has 0 saturated carbocycles. The Balaban J connectivity index is 2.19. The molecule has 2 rings (SSSR count). The Hall–Kier alpha value is -1.85. The van der Waals surface area contributed by atoms with Crippen LogP contribution < -0.4 is 5.32 Å². The van der Waals surface area contributed by atoms with Gasteiger partial charge in [-0.25, -0.2) is 0 Å². The fraction of sp³-hybridized carbons (Fsp3) is 0.143. The monoisotopic (exact) mass is 274 g/mol. The minimum atomic E-state index is -0.349. The van der Waals surface area contributed by atoms with E-state index in [-0.39, 0.29) is 10.6 Å². The van der Waals surface area contributed by atoms with Gasteiger partial charge in [-0.05, 0) is 30.8 Å². The molecule has 2 aromatic rings. The van der Waals surface area contributed by atoms with Gasteiger partial charge in [0.1, 0.15) is 0 Å². The fourth-order valence-electron chi connectivity index (χ4n) is 1.70. The summed E-state index contributed by atoms with van der Waals surface area (Å²) in [6, 6.07) is 14.8. The molecule has 0 bridgehead atoms. The van der Waals surface area contributed by atoms with Gasteiger partial charge in [0.2, 0.25) is 0 Å². The Labute approximate surface area is 116 Å². The molecule has 98 valence electrons. The molecule has 5 heteroatoms. The zero-order chi connectivity index (χ0) is 13.7. The first-order valence-electron chi connectivity index (χ1n) is 5.85. The molecule has 0 saturated heterocycles. The summed E-state index contributed by atoms with van der Waals surface area (Å²) >= 11 is 1.41. The quantitative estimate of drug-likeness (QED) is 0.670. The Morgan fingerprint density at radius 1 is 1.16 bits per heavy atom. The van der Waals surface area contributed by atoms with Gasteiger partial charge in [-0.2, -0.15) is 0 Å². The lowest BCUT2D eigenvalue weighted by molar-refractivity contribution is -0.387. The third kappa shape index (κ3) is 3.56. The molecule has 0 fully saturated rings. The van der Waals surface area contributed by atoms with Crippen molar-refractivity contribution < 1.29 is 4.92 Å². The second-order valence-electron chi connectivity index (χ2n) is 4.00. The summed E-state index contributed by atoms with van der Waals surface area (Å²) in [6.45, 7) is 0.816. The summed E-state index contributed by atoms with van der Waals surface area (Å²) in [7, 11) is 1.90. The van der Waals surface area contributed by atoms with Gasteiger partial charge in [-0.3, -0.25) is 10.1 Å². The van der Waals surface area contributed by atoms with Gasteiger partial charge in [0.15, 0.2) is 0 Å². The fourth-order valence-corrected chi connectivity index (χ4v) is 2.62. The summed E-state index contributed by atoms with van der Waals surface area (Å²) in [5, 5.41) is 14.0. The van der Waals surface area contributed by atoms with E-state index in [1.165, 1.54) is 23.4 Å². The predicted molar refractivity (Wildman–Crippen MR) is 76.4 cm³/mol. The highest BCUT2D eigenvalue weighted by atomic mass is 32.2. The average molecular weight is 274 g/mol. The molecule has 0 atom stereocenters. The minimum absolute atomic E-state index is 0.145. The van der Waals surface area contributed by atoms with Crippen LogP contribution >= 0.6 is 11.8 Å². The van der Waals surface area contributed by atoms with Crippen molar-refractivity contribution in [3.8, 4) is 0 Å². The number of nitrogens with zero attached hydrogens (tertiary/aromatic N) is 1. The summed E-state index contributed by atoms with van der Waals surface area (Å²) in [5.41, 5.74) is 1.33. The molecule has 0 aliphatic rings. The van der Waals surface area contributed by atoms with Crippen LogP contribution in [0.25, 0.3) is 0 Å². The standard InChI is InChI=1S/C14H14N2O2S/c1-15-10-11-6-8-12(9-7-11)19-14-5-3-2-4-13(14)16(17)18/h2-9,15H,10H2,1H3. The Morgan fingerprint density at radius 3 is 2.47 bits per heavy atom. The van der Waals surface area contributed by atoms with Crippen LogP contribution in [0.1, 0.15) is 5.56 Å². The van der Waals surface area contributed by atoms with Crippen molar-refractivity contribution in [2.75, 3.05) is 7.05 Å². The highest BCUT2D eigenvalue weighted by Gasteiger charge is 2.13. The Kier molecular flexibility index (Phi) is 4.54. The number of rotatable bonds is 5. The Morgan fingerprint density at radius 2 is 1.84 bits per heavy atom. The van der Waals surface area contributed by atoms with E-state index in [9.17, 15) is 10.1 Å². The lowest BCUT2D eigenvalue weighted by atomic mass is 10.2. The summed E-state index contributed by atoms with van der Waals surface area (Å²) < 4.78 is 0. The van der Waals surface area contributed by atoms with Gasteiger partial charge < -0.3 is 5.32 Å². The number of nitrogens with one attached hydrogen (secondary N) is 1. The molecule has 0 aliphatic heterocycles. The summed E-state index contributed by atoms with van der Waals surface area (Å²) in [5.74, 6) is 0. The lowest BCUT2D eigenvalue weighted by Crippen LogP contribution is -2.04. The maximum atomic E-state index is 10.9. The van der Waals surface area contributed by atoms with Crippen molar-refractivity contribution in [1.82, 2.24) is 5.32 Å². The van der Waals surface area contributed by atoms with E-state index < -0.39 is 0 Å². The van der Waals surface area contributed by atoms with Gasteiger partial charge in [-0.15, -0.1) is 0 Å². The van der Waals surface area contributed by atoms with Crippen LogP contribution in [0.4, 0.5) is 5.69 Å². The Bertz CT molecular complexity index is 570. The van der Waals surface area contributed by atoms with E-state index in [0.29, 0.717) is 4.90 Å². The first-order chi connectivity index (χ1) is 9.20. The molecular formula is C14H14N2O2S. The van der Waals surface area contributed by atoms with E-state index in [0.717, 1.165) is 11.4 Å². The van der Waals surface area contributed by atoms with Crippen molar-refractivity contribution >= 4 is 17.4 Å². The molecule has 0 aromatic heterocycles. The van der Waals surface area contributed by atoms with Gasteiger partial charge in [0, 0.05) is 17.5 Å². The van der Waals surface area contributed by atoms with Crippen LogP contribution in [0.5, 0.6) is 0 Å². The van der Waals surface area contributed by atoms with Crippen molar-refractivity contribution in [1.29, 1.82) is 0 Å². The third-order valence-electron chi connectivity index (χ3n) is 2.59. The van der Waals surface area contributed by atoms with E-state index in [4.69, 9.17) is 0 Å². The van der Waals surface area contributed by atoms with Crippen LogP contribution in [0, 0.1) is 10.1 Å². The van der Waals surface area contributed by atoms with Crippen molar-refractivity contribution in [3.63, 3.8) is 0 Å². The second-order valence-corrected chi connectivity index (χ2v) is 5.12. The molecule has 0 radical (unpaired) electrons. The number of nitro groups is 1. The van der Waals surface area contributed by atoms with Crippen molar-refractivity contribution in [2.45, 2.75) is 16.3 Å². The van der Waals surface area contributed by atoms with Gasteiger partial charge in [0.25, 0.3) is 5.69 Å². The number of para-hydroxylation sites is 1. The van der Waals surface area contributed by atoms with Gasteiger partial charge in [-0.1, -0.05) is 36.0 Å². The molecule has 0 aliphatic carbocycles. The minimum Gasteiger partial charge on any atom is -0.316 e. The molecule has 0 amide bonds. The maximum Gasteiger partial charge on any atom is 0.283 e. The molecule has 0 unspecified atom stereocenters. The number of benzene rings is 2. The first-order valence-corrected chi connectivity index (χ1v) is 6.67. The van der Waals surface area contributed by atoms with Crippen molar-refractivity contribution in [3.05, 3.63) is 64.2 Å². The van der Waals surface area contributed by atoms with E-state index >= 15 is 0 Å². The predicted octanol–water partition coefficient (Wildman–Crippen LogP) is 3.47. The topological polar surface area (TPSA) is 55.2 Å². The second kappa shape index (κ2) is 6.36. The van der Waals surface area contributed by atoms with Gasteiger partial charge in [0.05, 0.1) is 9.82 Å². The molecule has 1 N–H and O–H groups in total. The highest BCUT2D eigenvalue weighted by molar-refractivity contribution is 7.99. The zero-order valence-corrected chi connectivity index (χ0v) is 11.3. The first kappa shape index (κ1) is 13.6. The van der Waals surface area contributed by atoms with Crippen LogP contribution in [0.15, 0.2) is 58.3 Å². The normalized spacial score (nSPS) is 10.4. The average Bonchev–Trinajstić information content (AvgIpc) is 2.42. The molecular weight excluding hydrogens is 260 g/mol. The van der Waals surface area contributed by atoms with E-state index in [1.807, 2.05) is 37.4 Å². The smallest absolute Gasteiger partial charge is 0.283 e. The number of nitro benzene ring substituents is 1. The SMILES string of the molecule is CNCc1ccc(Sc2ccccc2[N+](=O)[O-])cc1. The largest absolute Gasteiger partial charge is 0.316 e. The number of hydrogen-bond acceptors (Lipinski definition) is 4. The molecule has 4 nitrogen and oxygen atoms in total.